The predicted molar refractivity (Wildman–Crippen MR) is 67.8 cm³/mol. The molecule has 18 heavy (non-hydrogen) atoms. The average molecular weight is 249 g/mol. The van der Waals surface area contributed by atoms with Crippen LogP contribution in [0.3, 0.4) is 0 Å². The molecule has 1 saturated carbocycles. The van der Waals surface area contributed by atoms with Gasteiger partial charge in [-0.05, 0) is 37.2 Å². The molecule has 4 nitrogen and oxygen atoms in total. The highest BCUT2D eigenvalue weighted by Gasteiger charge is 2.26. The Morgan fingerprint density at radius 1 is 1.39 bits per heavy atom. The molecule has 1 aliphatic rings. The van der Waals surface area contributed by atoms with Crippen molar-refractivity contribution in [1.29, 1.82) is 0 Å². The molecule has 1 aliphatic carbocycles. The number of ether oxygens (including phenoxy) is 1. The Morgan fingerprint density at radius 3 is 2.83 bits per heavy atom. The number of rotatable bonds is 3. The lowest BCUT2D eigenvalue weighted by molar-refractivity contribution is 0.0693. The van der Waals surface area contributed by atoms with E-state index in [0.29, 0.717) is 11.8 Å². The highest BCUT2D eigenvalue weighted by atomic mass is 16.5. The van der Waals surface area contributed by atoms with Gasteiger partial charge in [0.2, 0.25) is 5.88 Å². The summed E-state index contributed by atoms with van der Waals surface area (Å²) in [5.41, 5.74) is 0.220. The van der Waals surface area contributed by atoms with Crippen molar-refractivity contribution in [2.75, 3.05) is 0 Å². The van der Waals surface area contributed by atoms with Crippen molar-refractivity contribution in [3.05, 3.63) is 23.9 Å². The van der Waals surface area contributed by atoms with Gasteiger partial charge >= 0.3 is 5.97 Å². The molecule has 0 amide bonds. The molecule has 0 spiro atoms. The van der Waals surface area contributed by atoms with E-state index < -0.39 is 5.97 Å². The third-order valence-corrected chi connectivity index (χ3v) is 3.82. The lowest BCUT2D eigenvalue weighted by Gasteiger charge is -2.31. The molecule has 0 aliphatic heterocycles. The van der Waals surface area contributed by atoms with Gasteiger partial charge in [0.1, 0.15) is 6.10 Å². The van der Waals surface area contributed by atoms with Crippen molar-refractivity contribution < 1.29 is 14.6 Å². The topological polar surface area (TPSA) is 59.4 Å². The molecule has 1 aromatic heterocycles. The molecule has 0 saturated heterocycles. The van der Waals surface area contributed by atoms with Gasteiger partial charge in [-0.3, -0.25) is 0 Å². The Labute approximate surface area is 107 Å². The fourth-order valence-electron chi connectivity index (χ4n) is 2.38. The van der Waals surface area contributed by atoms with Crippen molar-refractivity contribution in [3.8, 4) is 5.88 Å². The summed E-state index contributed by atoms with van der Waals surface area (Å²) in [4.78, 5) is 14.9. The molecule has 1 aromatic rings. The minimum atomic E-state index is -0.951. The normalized spacial score (nSPS) is 27.8. The standard InChI is InChI=1S/C14H19NO3/c1-9-3-4-12(7-10(9)2)18-13-8-11(14(16)17)5-6-15-13/h5-6,8-10,12H,3-4,7H2,1-2H3,(H,16,17). The van der Waals surface area contributed by atoms with Crippen LogP contribution in [0.15, 0.2) is 18.3 Å². The summed E-state index contributed by atoms with van der Waals surface area (Å²) < 4.78 is 5.79. The van der Waals surface area contributed by atoms with E-state index in [9.17, 15) is 4.79 Å². The van der Waals surface area contributed by atoms with E-state index in [2.05, 4.69) is 18.8 Å². The number of carboxylic acid groups (broad SMARTS) is 1. The SMILES string of the molecule is CC1CCC(Oc2cc(C(=O)O)ccn2)CC1C. The summed E-state index contributed by atoms with van der Waals surface area (Å²) >= 11 is 0. The zero-order chi connectivity index (χ0) is 13.1. The van der Waals surface area contributed by atoms with E-state index in [0.717, 1.165) is 25.2 Å². The van der Waals surface area contributed by atoms with Crippen molar-refractivity contribution in [3.63, 3.8) is 0 Å². The van der Waals surface area contributed by atoms with Crippen LogP contribution in [-0.2, 0) is 0 Å². The number of carbonyl (C=O) groups is 1. The number of carboxylic acids is 1. The fraction of sp³-hybridized carbons (Fsp3) is 0.571. The van der Waals surface area contributed by atoms with E-state index >= 15 is 0 Å². The smallest absolute Gasteiger partial charge is 0.335 e. The molecule has 1 N–H and O–H groups in total. The van der Waals surface area contributed by atoms with Crippen LogP contribution in [0.25, 0.3) is 0 Å². The van der Waals surface area contributed by atoms with E-state index in [1.165, 1.54) is 18.3 Å². The average Bonchev–Trinajstić information content (AvgIpc) is 2.34. The lowest BCUT2D eigenvalue weighted by atomic mass is 9.80. The highest BCUT2D eigenvalue weighted by molar-refractivity contribution is 5.87. The van der Waals surface area contributed by atoms with Crippen molar-refractivity contribution >= 4 is 5.97 Å². The summed E-state index contributed by atoms with van der Waals surface area (Å²) in [6.07, 6.45) is 4.83. The lowest BCUT2D eigenvalue weighted by Crippen LogP contribution is -2.29. The monoisotopic (exact) mass is 249 g/mol. The zero-order valence-corrected chi connectivity index (χ0v) is 10.8. The molecule has 1 fully saturated rings. The predicted octanol–water partition coefficient (Wildman–Crippen LogP) is 2.98. The number of nitrogens with zero attached hydrogens (tertiary/aromatic N) is 1. The Balaban J connectivity index is 2.01. The Bertz CT molecular complexity index is 433. The molecular formula is C14H19NO3. The molecule has 2 rings (SSSR count). The largest absolute Gasteiger partial charge is 0.478 e. The van der Waals surface area contributed by atoms with Gasteiger partial charge in [0.15, 0.2) is 0 Å². The quantitative estimate of drug-likeness (QED) is 0.894. The third-order valence-electron chi connectivity index (χ3n) is 3.82. The summed E-state index contributed by atoms with van der Waals surface area (Å²) in [5, 5.41) is 8.91. The first-order chi connectivity index (χ1) is 8.56. The van der Waals surface area contributed by atoms with Crippen LogP contribution in [0.4, 0.5) is 0 Å². The maximum atomic E-state index is 10.9. The van der Waals surface area contributed by atoms with Gasteiger partial charge in [-0.2, -0.15) is 0 Å². The highest BCUT2D eigenvalue weighted by Crippen LogP contribution is 2.31. The minimum Gasteiger partial charge on any atom is -0.478 e. The number of aromatic nitrogens is 1. The van der Waals surface area contributed by atoms with Crippen LogP contribution < -0.4 is 4.74 Å². The van der Waals surface area contributed by atoms with E-state index in [1.54, 1.807) is 0 Å². The van der Waals surface area contributed by atoms with E-state index in [-0.39, 0.29) is 11.7 Å². The molecule has 0 bridgehead atoms. The van der Waals surface area contributed by atoms with Crippen molar-refractivity contribution in [2.24, 2.45) is 11.8 Å². The van der Waals surface area contributed by atoms with Crippen LogP contribution in [-0.4, -0.2) is 22.2 Å². The third kappa shape index (κ3) is 3.00. The fourth-order valence-corrected chi connectivity index (χ4v) is 2.38. The van der Waals surface area contributed by atoms with Gasteiger partial charge in [0.25, 0.3) is 0 Å². The Morgan fingerprint density at radius 2 is 2.17 bits per heavy atom. The van der Waals surface area contributed by atoms with Crippen LogP contribution >= 0.6 is 0 Å². The summed E-state index contributed by atoms with van der Waals surface area (Å²) in [5.74, 6) is 0.851. The van der Waals surface area contributed by atoms with Gasteiger partial charge in [-0.15, -0.1) is 0 Å². The van der Waals surface area contributed by atoms with Crippen LogP contribution in [0.1, 0.15) is 43.5 Å². The van der Waals surface area contributed by atoms with Crippen molar-refractivity contribution in [1.82, 2.24) is 4.98 Å². The Kier molecular flexibility index (Phi) is 3.84. The zero-order valence-electron chi connectivity index (χ0n) is 10.8. The van der Waals surface area contributed by atoms with E-state index in [1.807, 2.05) is 0 Å². The van der Waals surface area contributed by atoms with Crippen LogP contribution in [0, 0.1) is 11.8 Å². The number of aromatic carboxylic acids is 1. The summed E-state index contributed by atoms with van der Waals surface area (Å²) in [7, 11) is 0. The Hall–Kier alpha value is -1.58. The van der Waals surface area contributed by atoms with Gasteiger partial charge in [-0.1, -0.05) is 13.8 Å². The molecule has 0 aromatic carbocycles. The van der Waals surface area contributed by atoms with E-state index in [4.69, 9.17) is 9.84 Å². The second-order valence-electron chi connectivity index (χ2n) is 5.20. The molecule has 3 atom stereocenters. The second kappa shape index (κ2) is 5.38. The molecule has 98 valence electrons. The molecular weight excluding hydrogens is 230 g/mol. The molecule has 3 unspecified atom stereocenters. The first-order valence-electron chi connectivity index (χ1n) is 6.42. The van der Waals surface area contributed by atoms with Gasteiger partial charge in [0.05, 0.1) is 5.56 Å². The summed E-state index contributed by atoms with van der Waals surface area (Å²) in [6, 6.07) is 2.96. The maximum absolute atomic E-state index is 10.9. The van der Waals surface area contributed by atoms with Crippen molar-refractivity contribution in [2.45, 2.75) is 39.2 Å². The number of pyridine rings is 1. The minimum absolute atomic E-state index is 0.160. The molecule has 0 radical (unpaired) electrons. The van der Waals surface area contributed by atoms with Gasteiger partial charge in [-0.25, -0.2) is 9.78 Å². The van der Waals surface area contributed by atoms with Crippen LogP contribution in [0.5, 0.6) is 5.88 Å². The van der Waals surface area contributed by atoms with Crippen LogP contribution in [0.2, 0.25) is 0 Å². The number of hydrogen-bond donors (Lipinski definition) is 1. The first kappa shape index (κ1) is 12.9. The van der Waals surface area contributed by atoms with Gasteiger partial charge < -0.3 is 9.84 Å². The number of hydrogen-bond acceptors (Lipinski definition) is 3. The molecule has 4 heteroatoms. The summed E-state index contributed by atoms with van der Waals surface area (Å²) in [6.45, 7) is 4.51. The first-order valence-corrected chi connectivity index (χ1v) is 6.42. The second-order valence-corrected chi connectivity index (χ2v) is 5.20. The maximum Gasteiger partial charge on any atom is 0.335 e. The molecule has 1 heterocycles. The van der Waals surface area contributed by atoms with Gasteiger partial charge in [0, 0.05) is 12.3 Å².